The average molecular weight is 413 g/mol. The summed E-state index contributed by atoms with van der Waals surface area (Å²) in [6.07, 6.45) is 7.24. The number of thiocarbonyl (C=S) groups is 1. The van der Waals surface area contributed by atoms with Gasteiger partial charge in [-0.15, -0.1) is 0 Å². The van der Waals surface area contributed by atoms with Gasteiger partial charge >= 0.3 is 5.97 Å². The van der Waals surface area contributed by atoms with Crippen molar-refractivity contribution >= 4 is 46.8 Å². The van der Waals surface area contributed by atoms with E-state index >= 15 is 0 Å². The summed E-state index contributed by atoms with van der Waals surface area (Å²) in [5, 5.41) is 0.561. The van der Waals surface area contributed by atoms with Gasteiger partial charge in [0.1, 0.15) is 6.54 Å². The van der Waals surface area contributed by atoms with E-state index in [9.17, 15) is 14.4 Å². The number of hydrogen-bond acceptors (Lipinski definition) is 6. The summed E-state index contributed by atoms with van der Waals surface area (Å²) in [5.41, 5.74) is 0.533. The van der Waals surface area contributed by atoms with Gasteiger partial charge < -0.3 is 9.64 Å². The lowest BCUT2D eigenvalue weighted by Crippen LogP contribution is -2.33. The quantitative estimate of drug-likeness (QED) is 0.237. The molecule has 0 aromatic carbocycles. The SMILES string of the molecule is CCCCCCCCN1C(=O)/C(=C2\SCC(=O)N2CC(=O)OCC)CC1=S. The molecule has 27 heavy (non-hydrogen) atoms. The molecule has 6 nitrogen and oxygen atoms in total. The Morgan fingerprint density at radius 2 is 1.81 bits per heavy atom. The number of nitrogens with zero attached hydrogens (tertiary/aromatic N) is 2. The highest BCUT2D eigenvalue weighted by molar-refractivity contribution is 8.04. The molecule has 0 aromatic heterocycles. The molecule has 0 atom stereocenters. The smallest absolute Gasteiger partial charge is 0.326 e. The van der Waals surface area contributed by atoms with Crippen LogP contribution in [-0.2, 0) is 19.1 Å². The molecule has 0 unspecified atom stereocenters. The van der Waals surface area contributed by atoms with Crippen molar-refractivity contribution in [3.63, 3.8) is 0 Å². The number of likely N-dealkylation sites (tertiary alicyclic amines) is 1. The van der Waals surface area contributed by atoms with Crippen LogP contribution >= 0.6 is 24.0 Å². The minimum absolute atomic E-state index is 0.125. The van der Waals surface area contributed by atoms with Gasteiger partial charge in [0, 0.05) is 13.0 Å². The Morgan fingerprint density at radius 3 is 2.52 bits per heavy atom. The summed E-state index contributed by atoms with van der Waals surface area (Å²) in [6.45, 7) is 4.63. The highest BCUT2D eigenvalue weighted by Crippen LogP contribution is 2.36. The average Bonchev–Trinajstić information content (AvgIpc) is 3.12. The van der Waals surface area contributed by atoms with E-state index < -0.39 is 5.97 Å². The number of amides is 2. The van der Waals surface area contributed by atoms with Crippen molar-refractivity contribution in [1.82, 2.24) is 9.80 Å². The number of carbonyl (C=O) groups is 3. The highest BCUT2D eigenvalue weighted by atomic mass is 32.2. The van der Waals surface area contributed by atoms with Crippen LogP contribution in [0.3, 0.4) is 0 Å². The van der Waals surface area contributed by atoms with Crippen LogP contribution in [0.15, 0.2) is 10.6 Å². The number of rotatable bonds is 10. The first kappa shape index (κ1) is 21.9. The maximum Gasteiger partial charge on any atom is 0.326 e. The minimum atomic E-state index is -0.469. The Bertz CT molecular complexity index is 633. The van der Waals surface area contributed by atoms with Gasteiger partial charge in [-0.2, -0.15) is 0 Å². The standard InChI is InChI=1S/C19H28N2O4S2/c1-3-5-6-7-8-9-10-20-16(26)11-14(18(20)24)19-21(15(22)13-27-19)12-17(23)25-4-2/h3-13H2,1-2H3/b19-14-. The van der Waals surface area contributed by atoms with Gasteiger partial charge in [0.15, 0.2) is 0 Å². The van der Waals surface area contributed by atoms with Gasteiger partial charge in [-0.05, 0) is 13.3 Å². The summed E-state index contributed by atoms with van der Waals surface area (Å²) in [7, 11) is 0. The molecule has 2 amide bonds. The van der Waals surface area contributed by atoms with Crippen molar-refractivity contribution in [2.75, 3.05) is 25.4 Å². The fraction of sp³-hybridized carbons (Fsp3) is 0.684. The lowest BCUT2D eigenvalue weighted by atomic mass is 10.1. The zero-order valence-electron chi connectivity index (χ0n) is 16.1. The van der Waals surface area contributed by atoms with Crippen LogP contribution in [0.25, 0.3) is 0 Å². The van der Waals surface area contributed by atoms with Crippen LogP contribution in [0.5, 0.6) is 0 Å². The molecule has 0 radical (unpaired) electrons. The monoisotopic (exact) mass is 412 g/mol. The van der Waals surface area contributed by atoms with E-state index in [1.807, 2.05) is 0 Å². The first-order chi connectivity index (χ1) is 13.0. The normalized spacial score (nSPS) is 20.1. The van der Waals surface area contributed by atoms with Crippen molar-refractivity contribution in [2.24, 2.45) is 0 Å². The largest absolute Gasteiger partial charge is 0.465 e. The third kappa shape index (κ3) is 5.78. The molecule has 2 rings (SSSR count). The molecule has 8 heteroatoms. The van der Waals surface area contributed by atoms with Crippen molar-refractivity contribution in [3.05, 3.63) is 10.6 Å². The molecule has 0 saturated carbocycles. The Hall–Kier alpha value is -1.41. The molecule has 0 aliphatic carbocycles. The van der Waals surface area contributed by atoms with E-state index in [0.717, 1.165) is 12.8 Å². The number of unbranched alkanes of at least 4 members (excludes halogenated alkanes) is 5. The molecule has 2 aliphatic rings. The van der Waals surface area contributed by atoms with E-state index in [-0.39, 0.29) is 30.7 Å². The van der Waals surface area contributed by atoms with Gasteiger partial charge in [0.25, 0.3) is 5.91 Å². The maximum atomic E-state index is 12.8. The minimum Gasteiger partial charge on any atom is -0.465 e. The number of esters is 1. The maximum absolute atomic E-state index is 12.8. The van der Waals surface area contributed by atoms with Crippen molar-refractivity contribution in [3.8, 4) is 0 Å². The Labute approximate surface area is 170 Å². The molecule has 2 saturated heterocycles. The van der Waals surface area contributed by atoms with Gasteiger partial charge in [-0.3, -0.25) is 19.3 Å². The summed E-state index contributed by atoms with van der Waals surface area (Å²) < 4.78 is 4.94. The second-order valence-corrected chi connectivity index (χ2v) is 8.09. The third-order valence-corrected chi connectivity index (χ3v) is 6.09. The molecule has 2 heterocycles. The molecule has 2 fully saturated rings. The van der Waals surface area contributed by atoms with Gasteiger partial charge in [-0.1, -0.05) is 63.0 Å². The van der Waals surface area contributed by atoms with E-state index in [0.29, 0.717) is 28.6 Å². The Morgan fingerprint density at radius 1 is 1.11 bits per heavy atom. The van der Waals surface area contributed by atoms with E-state index in [1.165, 1.54) is 42.3 Å². The molecule has 0 spiro atoms. The number of ether oxygens (including phenoxy) is 1. The van der Waals surface area contributed by atoms with Crippen LogP contribution in [0.2, 0.25) is 0 Å². The van der Waals surface area contributed by atoms with Crippen LogP contribution in [0.4, 0.5) is 0 Å². The second kappa shape index (κ2) is 10.8. The molecule has 2 aliphatic heterocycles. The summed E-state index contributed by atoms with van der Waals surface area (Å²) in [6, 6.07) is 0. The fourth-order valence-corrected chi connectivity index (χ4v) is 4.58. The Balaban J connectivity index is 2.00. The lowest BCUT2D eigenvalue weighted by molar-refractivity contribution is -0.146. The molecule has 0 N–H and O–H groups in total. The predicted molar refractivity (Wildman–Crippen MR) is 110 cm³/mol. The highest BCUT2D eigenvalue weighted by Gasteiger charge is 2.39. The number of carbonyl (C=O) groups excluding carboxylic acids is 3. The topological polar surface area (TPSA) is 66.9 Å². The van der Waals surface area contributed by atoms with E-state index in [2.05, 4.69) is 6.92 Å². The number of thioether (sulfide) groups is 1. The first-order valence-electron chi connectivity index (χ1n) is 9.66. The van der Waals surface area contributed by atoms with Gasteiger partial charge in [0.2, 0.25) is 5.91 Å². The molecular weight excluding hydrogens is 384 g/mol. The van der Waals surface area contributed by atoms with Crippen LogP contribution in [0.1, 0.15) is 58.8 Å². The van der Waals surface area contributed by atoms with Gasteiger partial charge in [-0.25, -0.2) is 0 Å². The Kier molecular flexibility index (Phi) is 8.76. The lowest BCUT2D eigenvalue weighted by Gasteiger charge is -2.18. The molecule has 0 aromatic rings. The van der Waals surface area contributed by atoms with Crippen molar-refractivity contribution in [2.45, 2.75) is 58.8 Å². The van der Waals surface area contributed by atoms with Gasteiger partial charge in [0.05, 0.1) is 28.0 Å². The third-order valence-electron chi connectivity index (χ3n) is 4.60. The van der Waals surface area contributed by atoms with Crippen LogP contribution in [0, 0.1) is 0 Å². The zero-order chi connectivity index (χ0) is 19.8. The second-order valence-electron chi connectivity index (χ2n) is 6.65. The van der Waals surface area contributed by atoms with Crippen LogP contribution in [-0.4, -0.2) is 58.0 Å². The fourth-order valence-electron chi connectivity index (χ4n) is 3.19. The van der Waals surface area contributed by atoms with Crippen molar-refractivity contribution in [1.29, 1.82) is 0 Å². The molecule has 0 bridgehead atoms. The van der Waals surface area contributed by atoms with E-state index in [4.69, 9.17) is 17.0 Å². The zero-order valence-corrected chi connectivity index (χ0v) is 17.8. The van der Waals surface area contributed by atoms with Crippen molar-refractivity contribution < 1.29 is 19.1 Å². The summed E-state index contributed by atoms with van der Waals surface area (Å²) in [5.74, 6) is -0.540. The molecule has 150 valence electrons. The van der Waals surface area contributed by atoms with E-state index in [1.54, 1.807) is 11.8 Å². The predicted octanol–water partition coefficient (Wildman–Crippen LogP) is 3.26. The first-order valence-corrected chi connectivity index (χ1v) is 11.1. The number of hydrogen-bond donors (Lipinski definition) is 0. The molecular formula is C19H28N2O4S2. The summed E-state index contributed by atoms with van der Waals surface area (Å²) >= 11 is 6.72. The summed E-state index contributed by atoms with van der Waals surface area (Å²) in [4.78, 5) is 40.4. The van der Waals surface area contributed by atoms with Crippen LogP contribution < -0.4 is 0 Å².